The molecule has 0 spiro atoms. The molecule has 0 aliphatic carbocycles. The number of para-hydroxylation sites is 1. The Kier molecular flexibility index (Phi) is 2.12. The van der Waals surface area contributed by atoms with Gasteiger partial charge < -0.3 is 4.98 Å². The highest BCUT2D eigenvalue weighted by molar-refractivity contribution is 5.97. The lowest BCUT2D eigenvalue weighted by atomic mass is 10.0. The highest BCUT2D eigenvalue weighted by Gasteiger charge is 2.06. The van der Waals surface area contributed by atoms with Gasteiger partial charge in [-0.1, -0.05) is 24.3 Å². The van der Waals surface area contributed by atoms with Crippen molar-refractivity contribution in [3.8, 4) is 11.1 Å². The molecule has 0 bridgehead atoms. The van der Waals surface area contributed by atoms with E-state index in [9.17, 15) is 0 Å². The summed E-state index contributed by atoms with van der Waals surface area (Å²) in [5, 5.41) is 2.30. The van der Waals surface area contributed by atoms with E-state index in [1.54, 1.807) is 6.33 Å². The van der Waals surface area contributed by atoms with Crippen LogP contribution in [0.3, 0.4) is 0 Å². The maximum Gasteiger partial charge on any atom is 0.116 e. The predicted molar refractivity (Wildman–Crippen MR) is 76.8 cm³/mol. The van der Waals surface area contributed by atoms with E-state index in [1.165, 1.54) is 16.5 Å². The molecule has 0 saturated heterocycles. The molecule has 0 saturated carbocycles. The van der Waals surface area contributed by atoms with Crippen molar-refractivity contribution in [2.45, 2.75) is 0 Å². The van der Waals surface area contributed by atoms with E-state index < -0.39 is 0 Å². The van der Waals surface area contributed by atoms with Gasteiger partial charge in [0.25, 0.3) is 0 Å². The van der Waals surface area contributed by atoms with Gasteiger partial charge in [0.15, 0.2) is 0 Å². The van der Waals surface area contributed by atoms with Crippen molar-refractivity contribution < 1.29 is 0 Å². The van der Waals surface area contributed by atoms with Gasteiger partial charge >= 0.3 is 0 Å². The summed E-state index contributed by atoms with van der Waals surface area (Å²) >= 11 is 0. The van der Waals surface area contributed by atoms with E-state index >= 15 is 0 Å². The molecule has 3 heteroatoms. The summed E-state index contributed by atoms with van der Waals surface area (Å²) in [6.07, 6.45) is 5.48. The smallest absolute Gasteiger partial charge is 0.116 e. The fourth-order valence-corrected chi connectivity index (χ4v) is 2.46. The molecule has 2 aromatic carbocycles. The number of aromatic nitrogens is 3. The normalized spacial score (nSPS) is 11.2. The molecule has 2 aromatic heterocycles. The van der Waals surface area contributed by atoms with E-state index in [0.29, 0.717) is 0 Å². The first-order chi connectivity index (χ1) is 9.42. The molecule has 19 heavy (non-hydrogen) atoms. The number of hydrogen-bond acceptors (Lipinski definition) is 2. The Hall–Kier alpha value is -2.68. The third kappa shape index (κ3) is 1.59. The van der Waals surface area contributed by atoms with Crippen LogP contribution in [0, 0.1) is 0 Å². The Labute approximate surface area is 110 Å². The minimum atomic E-state index is 0.971. The Morgan fingerprint density at radius 2 is 1.95 bits per heavy atom. The summed E-state index contributed by atoms with van der Waals surface area (Å²) in [5.41, 5.74) is 4.52. The molecular weight excluding hydrogens is 234 g/mol. The maximum absolute atomic E-state index is 4.25. The summed E-state index contributed by atoms with van der Waals surface area (Å²) in [6, 6.07) is 14.6. The van der Waals surface area contributed by atoms with Gasteiger partial charge in [0.1, 0.15) is 6.33 Å². The minimum Gasteiger partial charge on any atom is -0.361 e. The average Bonchev–Trinajstić information content (AvgIpc) is 2.91. The number of rotatable bonds is 1. The second-order valence-electron chi connectivity index (χ2n) is 4.54. The van der Waals surface area contributed by atoms with E-state index in [2.05, 4.69) is 51.5 Å². The lowest BCUT2D eigenvalue weighted by molar-refractivity contribution is 1.22. The van der Waals surface area contributed by atoms with Crippen molar-refractivity contribution in [1.82, 2.24) is 15.0 Å². The summed E-state index contributed by atoms with van der Waals surface area (Å²) in [5.74, 6) is 0. The Bertz CT molecular complexity index is 877. The highest BCUT2D eigenvalue weighted by Crippen LogP contribution is 2.29. The van der Waals surface area contributed by atoms with Crippen LogP contribution in [-0.4, -0.2) is 15.0 Å². The van der Waals surface area contributed by atoms with Gasteiger partial charge in [-0.15, -0.1) is 0 Å². The SMILES string of the molecule is c1ccc2c(-c3ccc4ncncc4c3)c[nH]c2c1. The lowest BCUT2D eigenvalue weighted by Crippen LogP contribution is -1.82. The monoisotopic (exact) mass is 245 g/mol. The summed E-state index contributed by atoms with van der Waals surface area (Å²) in [7, 11) is 0. The van der Waals surface area contributed by atoms with Crippen LogP contribution in [0.4, 0.5) is 0 Å². The van der Waals surface area contributed by atoms with E-state index in [1.807, 2.05) is 18.3 Å². The van der Waals surface area contributed by atoms with Crippen molar-refractivity contribution in [1.29, 1.82) is 0 Å². The Morgan fingerprint density at radius 3 is 2.95 bits per heavy atom. The number of nitrogens with one attached hydrogen (secondary N) is 1. The van der Waals surface area contributed by atoms with E-state index in [0.717, 1.165) is 16.4 Å². The predicted octanol–water partition coefficient (Wildman–Crippen LogP) is 3.78. The zero-order valence-electron chi connectivity index (χ0n) is 10.2. The van der Waals surface area contributed by atoms with Crippen molar-refractivity contribution in [2.24, 2.45) is 0 Å². The number of benzene rings is 2. The minimum absolute atomic E-state index is 0.971. The molecule has 0 aliphatic rings. The quantitative estimate of drug-likeness (QED) is 0.554. The van der Waals surface area contributed by atoms with Crippen LogP contribution in [-0.2, 0) is 0 Å². The lowest BCUT2D eigenvalue weighted by Gasteiger charge is -2.02. The second kappa shape index (κ2) is 3.92. The molecule has 0 aliphatic heterocycles. The Balaban J connectivity index is 1.99. The molecule has 1 N–H and O–H groups in total. The standard InChI is InChI=1S/C16H11N3/c1-2-4-16-13(3-1)14(9-18-16)11-5-6-15-12(7-11)8-17-10-19-15/h1-10,18H. The number of hydrogen-bond donors (Lipinski definition) is 1. The summed E-state index contributed by atoms with van der Waals surface area (Å²) in [6.45, 7) is 0. The Morgan fingerprint density at radius 1 is 1.00 bits per heavy atom. The van der Waals surface area contributed by atoms with Crippen LogP contribution in [0.1, 0.15) is 0 Å². The van der Waals surface area contributed by atoms with Gasteiger partial charge in [-0.05, 0) is 23.8 Å². The van der Waals surface area contributed by atoms with Crippen molar-refractivity contribution in [2.75, 3.05) is 0 Å². The molecular formula is C16H11N3. The van der Waals surface area contributed by atoms with Gasteiger partial charge in [0.2, 0.25) is 0 Å². The van der Waals surface area contributed by atoms with Crippen molar-refractivity contribution >= 4 is 21.8 Å². The zero-order valence-corrected chi connectivity index (χ0v) is 10.2. The number of nitrogens with zero attached hydrogens (tertiary/aromatic N) is 2. The molecule has 4 aromatic rings. The van der Waals surface area contributed by atoms with Crippen LogP contribution in [0.15, 0.2) is 61.2 Å². The number of H-pyrrole nitrogens is 1. The first-order valence-electron chi connectivity index (χ1n) is 6.18. The van der Waals surface area contributed by atoms with Gasteiger partial charge in [-0.25, -0.2) is 9.97 Å². The van der Waals surface area contributed by atoms with Crippen LogP contribution >= 0.6 is 0 Å². The van der Waals surface area contributed by atoms with Gasteiger partial charge in [0, 0.05) is 34.2 Å². The van der Waals surface area contributed by atoms with E-state index in [4.69, 9.17) is 0 Å². The fraction of sp³-hybridized carbons (Fsp3) is 0. The largest absolute Gasteiger partial charge is 0.361 e. The van der Waals surface area contributed by atoms with Crippen LogP contribution in [0.25, 0.3) is 32.9 Å². The molecule has 0 radical (unpaired) electrons. The van der Waals surface area contributed by atoms with Crippen molar-refractivity contribution in [3.05, 3.63) is 61.2 Å². The third-order valence-electron chi connectivity index (χ3n) is 3.40. The summed E-state index contributed by atoms with van der Waals surface area (Å²) < 4.78 is 0. The molecule has 0 fully saturated rings. The third-order valence-corrected chi connectivity index (χ3v) is 3.40. The first kappa shape index (κ1) is 10.3. The molecule has 0 atom stereocenters. The molecule has 0 unspecified atom stereocenters. The van der Waals surface area contributed by atoms with Gasteiger partial charge in [-0.3, -0.25) is 0 Å². The van der Waals surface area contributed by atoms with Crippen LogP contribution in [0.2, 0.25) is 0 Å². The van der Waals surface area contributed by atoms with Crippen LogP contribution in [0.5, 0.6) is 0 Å². The highest BCUT2D eigenvalue weighted by atomic mass is 14.8. The zero-order chi connectivity index (χ0) is 12.7. The first-order valence-corrected chi connectivity index (χ1v) is 6.18. The van der Waals surface area contributed by atoms with Gasteiger partial charge in [-0.2, -0.15) is 0 Å². The molecule has 90 valence electrons. The number of aromatic amines is 1. The fourth-order valence-electron chi connectivity index (χ4n) is 2.46. The van der Waals surface area contributed by atoms with Gasteiger partial charge in [0.05, 0.1) is 5.52 Å². The second-order valence-corrected chi connectivity index (χ2v) is 4.54. The average molecular weight is 245 g/mol. The number of fused-ring (bicyclic) bond motifs is 2. The maximum atomic E-state index is 4.25. The molecule has 0 amide bonds. The molecule has 4 rings (SSSR count). The van der Waals surface area contributed by atoms with E-state index in [-0.39, 0.29) is 0 Å². The summed E-state index contributed by atoms with van der Waals surface area (Å²) in [4.78, 5) is 11.6. The topological polar surface area (TPSA) is 41.6 Å². The molecule has 3 nitrogen and oxygen atoms in total. The van der Waals surface area contributed by atoms with Crippen LogP contribution < -0.4 is 0 Å². The molecule has 2 heterocycles. The van der Waals surface area contributed by atoms with Crippen molar-refractivity contribution in [3.63, 3.8) is 0 Å².